The Morgan fingerprint density at radius 2 is 1.55 bits per heavy atom. The van der Waals surface area contributed by atoms with Crippen molar-refractivity contribution in [1.29, 1.82) is 0 Å². The third-order valence-electron chi connectivity index (χ3n) is 3.30. The summed E-state index contributed by atoms with van der Waals surface area (Å²) in [6, 6.07) is 18.6. The van der Waals surface area contributed by atoms with Crippen LogP contribution in [0.4, 0.5) is 11.4 Å². The normalized spacial score (nSPS) is 10.2. The van der Waals surface area contributed by atoms with Crippen LogP contribution in [0.15, 0.2) is 73.1 Å². The van der Waals surface area contributed by atoms with Crippen LogP contribution in [0, 0.1) is 0 Å². The molecule has 0 amide bonds. The molecule has 0 aliphatic heterocycles. The lowest BCUT2D eigenvalue weighted by Crippen LogP contribution is -1.97. The third kappa shape index (κ3) is 3.12. The number of aromatic nitrogens is 1. The molecule has 2 aromatic carbocycles. The minimum atomic E-state index is -0.934. The van der Waals surface area contributed by atoms with Crippen LogP contribution in [0.2, 0.25) is 0 Å². The van der Waals surface area contributed by atoms with Gasteiger partial charge in [0.15, 0.2) is 0 Å². The first-order valence-electron chi connectivity index (χ1n) is 6.83. The van der Waals surface area contributed by atoms with Crippen molar-refractivity contribution in [3.63, 3.8) is 0 Å². The van der Waals surface area contributed by atoms with E-state index in [-0.39, 0.29) is 5.56 Å². The molecule has 0 radical (unpaired) electrons. The van der Waals surface area contributed by atoms with E-state index in [1.165, 1.54) is 0 Å². The molecule has 2 N–H and O–H groups in total. The maximum atomic E-state index is 11.0. The van der Waals surface area contributed by atoms with E-state index in [1.54, 1.807) is 30.6 Å². The molecule has 0 bridgehead atoms. The Bertz CT molecular complexity index is 784. The lowest BCUT2D eigenvalue weighted by molar-refractivity contribution is 0.0697. The zero-order valence-corrected chi connectivity index (χ0v) is 11.7. The van der Waals surface area contributed by atoms with E-state index in [2.05, 4.69) is 10.3 Å². The van der Waals surface area contributed by atoms with Crippen molar-refractivity contribution < 1.29 is 9.90 Å². The second kappa shape index (κ2) is 6.10. The van der Waals surface area contributed by atoms with Gasteiger partial charge < -0.3 is 10.4 Å². The van der Waals surface area contributed by atoms with Crippen molar-refractivity contribution in [2.45, 2.75) is 0 Å². The SMILES string of the molecule is O=C(O)c1cccc(Nc2ccc(-c3ccncc3)cc2)c1. The summed E-state index contributed by atoms with van der Waals surface area (Å²) in [5.74, 6) is -0.934. The van der Waals surface area contributed by atoms with Gasteiger partial charge in [0.1, 0.15) is 0 Å². The summed E-state index contributed by atoms with van der Waals surface area (Å²) in [5.41, 5.74) is 4.12. The lowest BCUT2D eigenvalue weighted by Gasteiger charge is -2.08. The van der Waals surface area contributed by atoms with Crippen LogP contribution in [0.1, 0.15) is 10.4 Å². The number of hydrogen-bond donors (Lipinski definition) is 2. The Morgan fingerprint density at radius 3 is 2.23 bits per heavy atom. The minimum Gasteiger partial charge on any atom is -0.478 e. The van der Waals surface area contributed by atoms with E-state index in [0.717, 1.165) is 22.5 Å². The molecule has 0 unspecified atom stereocenters. The van der Waals surface area contributed by atoms with Gasteiger partial charge in [-0.2, -0.15) is 0 Å². The van der Waals surface area contributed by atoms with Gasteiger partial charge in [-0.05, 0) is 53.6 Å². The molecule has 1 aromatic heterocycles. The van der Waals surface area contributed by atoms with Crippen LogP contribution in [-0.2, 0) is 0 Å². The van der Waals surface area contributed by atoms with E-state index in [0.29, 0.717) is 0 Å². The van der Waals surface area contributed by atoms with Gasteiger partial charge in [0.05, 0.1) is 5.56 Å². The second-order valence-corrected chi connectivity index (χ2v) is 4.82. The van der Waals surface area contributed by atoms with Crippen LogP contribution >= 0.6 is 0 Å². The fourth-order valence-corrected chi connectivity index (χ4v) is 2.19. The summed E-state index contributed by atoms with van der Waals surface area (Å²) < 4.78 is 0. The number of aromatic carboxylic acids is 1. The fourth-order valence-electron chi connectivity index (χ4n) is 2.19. The highest BCUT2D eigenvalue weighted by atomic mass is 16.4. The second-order valence-electron chi connectivity index (χ2n) is 4.82. The van der Waals surface area contributed by atoms with Gasteiger partial charge >= 0.3 is 5.97 Å². The molecule has 0 atom stereocenters. The largest absolute Gasteiger partial charge is 0.478 e. The number of nitrogens with zero attached hydrogens (tertiary/aromatic N) is 1. The first-order valence-corrected chi connectivity index (χ1v) is 6.83. The molecule has 0 fully saturated rings. The topological polar surface area (TPSA) is 62.2 Å². The molecule has 0 aliphatic rings. The molecule has 4 nitrogen and oxygen atoms in total. The van der Waals surface area contributed by atoms with Gasteiger partial charge in [-0.1, -0.05) is 18.2 Å². The summed E-state index contributed by atoms with van der Waals surface area (Å²) >= 11 is 0. The Labute approximate surface area is 128 Å². The molecule has 3 aromatic rings. The summed E-state index contributed by atoms with van der Waals surface area (Å²) in [5, 5.41) is 12.2. The number of carbonyl (C=O) groups is 1. The van der Waals surface area contributed by atoms with Crippen molar-refractivity contribution in [2.75, 3.05) is 5.32 Å². The van der Waals surface area contributed by atoms with E-state index < -0.39 is 5.97 Å². The number of hydrogen-bond acceptors (Lipinski definition) is 3. The minimum absolute atomic E-state index is 0.262. The number of benzene rings is 2. The van der Waals surface area contributed by atoms with Gasteiger partial charge in [0.25, 0.3) is 0 Å². The molecule has 1 heterocycles. The molecule has 22 heavy (non-hydrogen) atoms. The zero-order valence-electron chi connectivity index (χ0n) is 11.7. The highest BCUT2D eigenvalue weighted by Gasteiger charge is 2.03. The zero-order chi connectivity index (χ0) is 15.4. The summed E-state index contributed by atoms with van der Waals surface area (Å²) in [4.78, 5) is 15.0. The Morgan fingerprint density at radius 1 is 0.864 bits per heavy atom. The van der Waals surface area contributed by atoms with E-state index >= 15 is 0 Å². The molecule has 3 rings (SSSR count). The van der Waals surface area contributed by atoms with Gasteiger partial charge in [-0.25, -0.2) is 4.79 Å². The molecule has 108 valence electrons. The van der Waals surface area contributed by atoms with E-state index in [9.17, 15) is 4.79 Å². The number of anilines is 2. The maximum Gasteiger partial charge on any atom is 0.335 e. The molecule has 4 heteroatoms. The van der Waals surface area contributed by atoms with Crippen molar-refractivity contribution in [1.82, 2.24) is 4.98 Å². The molecular formula is C18H14N2O2. The number of carboxylic acids is 1. The van der Waals surface area contributed by atoms with Crippen molar-refractivity contribution in [3.8, 4) is 11.1 Å². The predicted molar refractivity (Wildman–Crippen MR) is 86.4 cm³/mol. The van der Waals surface area contributed by atoms with Crippen molar-refractivity contribution in [2.24, 2.45) is 0 Å². The van der Waals surface area contributed by atoms with E-state index in [4.69, 9.17) is 5.11 Å². The molecule has 0 spiro atoms. The molecule has 0 saturated heterocycles. The van der Waals surface area contributed by atoms with Crippen LogP contribution in [-0.4, -0.2) is 16.1 Å². The average Bonchev–Trinajstić information content (AvgIpc) is 2.56. The summed E-state index contributed by atoms with van der Waals surface area (Å²) in [6.45, 7) is 0. The quantitative estimate of drug-likeness (QED) is 0.756. The van der Waals surface area contributed by atoms with Crippen LogP contribution in [0.3, 0.4) is 0 Å². The number of pyridine rings is 1. The van der Waals surface area contributed by atoms with Gasteiger partial charge in [0, 0.05) is 23.8 Å². The summed E-state index contributed by atoms with van der Waals surface area (Å²) in [7, 11) is 0. The first-order chi connectivity index (χ1) is 10.7. The first kappa shape index (κ1) is 13.8. The fraction of sp³-hybridized carbons (Fsp3) is 0. The van der Waals surface area contributed by atoms with Gasteiger partial charge in [0.2, 0.25) is 0 Å². The third-order valence-corrected chi connectivity index (χ3v) is 3.30. The summed E-state index contributed by atoms with van der Waals surface area (Å²) in [6.07, 6.45) is 3.53. The predicted octanol–water partition coefficient (Wildman–Crippen LogP) is 4.19. The Kier molecular flexibility index (Phi) is 3.83. The smallest absolute Gasteiger partial charge is 0.335 e. The average molecular weight is 290 g/mol. The molecule has 0 saturated carbocycles. The highest BCUT2D eigenvalue weighted by molar-refractivity contribution is 5.89. The number of nitrogens with one attached hydrogen (secondary N) is 1. The molecular weight excluding hydrogens is 276 g/mol. The lowest BCUT2D eigenvalue weighted by atomic mass is 10.1. The van der Waals surface area contributed by atoms with Crippen LogP contribution in [0.5, 0.6) is 0 Å². The van der Waals surface area contributed by atoms with Crippen molar-refractivity contribution >= 4 is 17.3 Å². The molecule has 0 aliphatic carbocycles. The van der Waals surface area contributed by atoms with Crippen LogP contribution < -0.4 is 5.32 Å². The number of rotatable bonds is 4. The van der Waals surface area contributed by atoms with E-state index in [1.807, 2.05) is 42.5 Å². The van der Waals surface area contributed by atoms with Crippen LogP contribution in [0.25, 0.3) is 11.1 Å². The van der Waals surface area contributed by atoms with Gasteiger partial charge in [-0.3, -0.25) is 4.98 Å². The van der Waals surface area contributed by atoms with Gasteiger partial charge in [-0.15, -0.1) is 0 Å². The van der Waals surface area contributed by atoms with Crippen molar-refractivity contribution in [3.05, 3.63) is 78.6 Å². The number of carboxylic acid groups (broad SMARTS) is 1. The Balaban J connectivity index is 1.79. The standard InChI is InChI=1S/C18H14N2O2/c21-18(22)15-2-1-3-17(12-15)20-16-6-4-13(5-7-16)14-8-10-19-11-9-14/h1-12,20H,(H,21,22). The highest BCUT2D eigenvalue weighted by Crippen LogP contribution is 2.23. The Hall–Kier alpha value is -3.14. The maximum absolute atomic E-state index is 11.0. The monoisotopic (exact) mass is 290 g/mol.